The van der Waals surface area contributed by atoms with Gasteiger partial charge in [0.25, 0.3) is 5.91 Å². The summed E-state index contributed by atoms with van der Waals surface area (Å²) >= 11 is 5.86. The third-order valence-corrected chi connectivity index (χ3v) is 4.12. The van der Waals surface area contributed by atoms with Crippen molar-refractivity contribution in [1.29, 1.82) is 0 Å². The fourth-order valence-electron chi connectivity index (χ4n) is 2.51. The zero-order valence-corrected chi connectivity index (χ0v) is 15.4. The second-order valence-corrected chi connectivity index (χ2v) is 6.11. The van der Waals surface area contributed by atoms with Crippen LogP contribution in [0.5, 0.6) is 11.5 Å². The first-order valence-corrected chi connectivity index (χ1v) is 8.83. The summed E-state index contributed by atoms with van der Waals surface area (Å²) in [4.78, 5) is 12.3. The average Bonchev–Trinajstić information content (AvgIpc) is 2.64. The summed E-state index contributed by atoms with van der Waals surface area (Å²) < 4.78 is 11.1. The summed E-state index contributed by atoms with van der Waals surface area (Å²) in [6.45, 7) is 2.52. The third kappa shape index (κ3) is 5.98. The highest BCUT2D eigenvalue weighted by atomic mass is 35.5. The Morgan fingerprint density at radius 3 is 2.56 bits per heavy atom. The van der Waals surface area contributed by atoms with Gasteiger partial charge in [-0.15, -0.1) is 0 Å². The van der Waals surface area contributed by atoms with Crippen LogP contribution in [0.1, 0.15) is 25.3 Å². The number of aryl methyl sites for hydroxylation is 1. The highest BCUT2D eigenvalue weighted by Gasteiger charge is 2.17. The molecule has 4 nitrogen and oxygen atoms in total. The normalized spacial score (nSPS) is 11.6. The number of hydrogen-bond acceptors (Lipinski definition) is 3. The Hall–Kier alpha value is -2.20. The van der Waals surface area contributed by atoms with E-state index in [0.717, 1.165) is 24.2 Å². The molecule has 0 aliphatic carbocycles. The molecule has 2 aromatic carbocycles. The maximum Gasteiger partial charge on any atom is 0.261 e. The molecule has 2 aromatic rings. The SMILES string of the molecule is CCC(Oc1ccc(Cl)cc1)C(=O)NCCCc1ccccc1OC. The predicted octanol–water partition coefficient (Wildman–Crippen LogP) is 4.26. The lowest BCUT2D eigenvalue weighted by atomic mass is 10.1. The number of methoxy groups -OCH3 is 1. The maximum atomic E-state index is 12.3. The van der Waals surface area contributed by atoms with Crippen molar-refractivity contribution in [2.45, 2.75) is 32.3 Å². The topological polar surface area (TPSA) is 47.6 Å². The molecule has 25 heavy (non-hydrogen) atoms. The van der Waals surface area contributed by atoms with Crippen LogP contribution in [0.25, 0.3) is 0 Å². The molecule has 1 N–H and O–H groups in total. The molecule has 1 unspecified atom stereocenters. The molecule has 0 aliphatic rings. The van der Waals surface area contributed by atoms with E-state index < -0.39 is 6.10 Å². The number of rotatable bonds is 9. The van der Waals surface area contributed by atoms with Gasteiger partial charge in [0.2, 0.25) is 0 Å². The summed E-state index contributed by atoms with van der Waals surface area (Å²) in [5, 5.41) is 3.58. The van der Waals surface area contributed by atoms with E-state index in [0.29, 0.717) is 23.7 Å². The molecular weight excluding hydrogens is 338 g/mol. The van der Waals surface area contributed by atoms with Gasteiger partial charge in [-0.05, 0) is 55.2 Å². The van der Waals surface area contributed by atoms with Crippen molar-refractivity contribution >= 4 is 17.5 Å². The highest BCUT2D eigenvalue weighted by Crippen LogP contribution is 2.19. The molecular formula is C20H24ClNO3. The van der Waals surface area contributed by atoms with Crippen LogP contribution in [-0.4, -0.2) is 25.7 Å². The van der Waals surface area contributed by atoms with Gasteiger partial charge in [0.05, 0.1) is 7.11 Å². The molecule has 2 rings (SSSR count). The van der Waals surface area contributed by atoms with E-state index >= 15 is 0 Å². The molecule has 5 heteroatoms. The smallest absolute Gasteiger partial charge is 0.261 e. The Labute approximate surface area is 154 Å². The molecule has 0 aromatic heterocycles. The number of hydrogen-bond donors (Lipinski definition) is 1. The average molecular weight is 362 g/mol. The van der Waals surface area contributed by atoms with Gasteiger partial charge in [-0.2, -0.15) is 0 Å². The minimum Gasteiger partial charge on any atom is -0.496 e. The Morgan fingerprint density at radius 1 is 1.16 bits per heavy atom. The maximum absolute atomic E-state index is 12.3. The van der Waals surface area contributed by atoms with Crippen molar-refractivity contribution in [2.75, 3.05) is 13.7 Å². The molecule has 0 radical (unpaired) electrons. The van der Waals surface area contributed by atoms with Gasteiger partial charge in [0, 0.05) is 11.6 Å². The molecule has 0 spiro atoms. The van der Waals surface area contributed by atoms with Crippen LogP contribution in [0.4, 0.5) is 0 Å². The summed E-state index contributed by atoms with van der Waals surface area (Å²) in [6.07, 6.45) is 1.77. The summed E-state index contributed by atoms with van der Waals surface area (Å²) in [5.41, 5.74) is 1.14. The zero-order chi connectivity index (χ0) is 18.1. The minimum atomic E-state index is -0.507. The number of benzene rings is 2. The second-order valence-electron chi connectivity index (χ2n) is 5.68. The van der Waals surface area contributed by atoms with E-state index in [9.17, 15) is 4.79 Å². The number of halogens is 1. The molecule has 0 aliphatic heterocycles. The number of carbonyl (C=O) groups is 1. The minimum absolute atomic E-state index is 0.0996. The predicted molar refractivity (Wildman–Crippen MR) is 100 cm³/mol. The second kappa shape index (κ2) is 9.94. The molecule has 0 fully saturated rings. The molecule has 0 saturated carbocycles. The summed E-state index contributed by atoms with van der Waals surface area (Å²) in [6, 6.07) is 14.9. The number of nitrogens with one attached hydrogen (secondary N) is 1. The van der Waals surface area contributed by atoms with E-state index in [4.69, 9.17) is 21.1 Å². The lowest BCUT2D eigenvalue weighted by Crippen LogP contribution is -2.38. The number of amides is 1. The molecule has 0 heterocycles. The summed E-state index contributed by atoms with van der Waals surface area (Å²) in [7, 11) is 1.67. The van der Waals surface area contributed by atoms with Gasteiger partial charge in [0.15, 0.2) is 6.10 Å². The van der Waals surface area contributed by atoms with Crippen LogP contribution in [0.3, 0.4) is 0 Å². The van der Waals surface area contributed by atoms with Crippen molar-refractivity contribution in [1.82, 2.24) is 5.32 Å². The molecule has 1 amide bonds. The van der Waals surface area contributed by atoms with Gasteiger partial charge in [-0.1, -0.05) is 36.7 Å². The van der Waals surface area contributed by atoms with Crippen molar-refractivity contribution in [3.05, 3.63) is 59.1 Å². The molecule has 134 valence electrons. The van der Waals surface area contributed by atoms with Gasteiger partial charge in [-0.25, -0.2) is 0 Å². The van der Waals surface area contributed by atoms with Gasteiger partial charge >= 0.3 is 0 Å². The molecule has 1 atom stereocenters. The quantitative estimate of drug-likeness (QED) is 0.679. The number of para-hydroxylation sites is 1. The first-order valence-electron chi connectivity index (χ1n) is 8.46. The third-order valence-electron chi connectivity index (χ3n) is 3.87. The Bertz CT molecular complexity index is 673. The van der Waals surface area contributed by atoms with E-state index in [1.807, 2.05) is 31.2 Å². The van der Waals surface area contributed by atoms with Crippen LogP contribution < -0.4 is 14.8 Å². The van der Waals surface area contributed by atoms with Gasteiger partial charge < -0.3 is 14.8 Å². The van der Waals surface area contributed by atoms with Gasteiger partial charge in [0.1, 0.15) is 11.5 Å². The zero-order valence-electron chi connectivity index (χ0n) is 14.6. The van der Waals surface area contributed by atoms with Gasteiger partial charge in [-0.3, -0.25) is 4.79 Å². The molecule has 0 saturated heterocycles. The first-order chi connectivity index (χ1) is 12.1. The largest absolute Gasteiger partial charge is 0.496 e. The van der Waals surface area contributed by atoms with Crippen molar-refractivity contribution in [2.24, 2.45) is 0 Å². The van der Waals surface area contributed by atoms with Crippen LogP contribution in [0.2, 0.25) is 5.02 Å². The highest BCUT2D eigenvalue weighted by molar-refractivity contribution is 6.30. The van der Waals surface area contributed by atoms with Crippen LogP contribution in [0, 0.1) is 0 Å². The Balaban J connectivity index is 1.78. The Kier molecular flexibility index (Phi) is 7.61. The summed E-state index contributed by atoms with van der Waals surface area (Å²) in [5.74, 6) is 1.42. The number of ether oxygens (including phenoxy) is 2. The van der Waals surface area contributed by atoms with E-state index in [1.54, 1.807) is 31.4 Å². The van der Waals surface area contributed by atoms with Crippen molar-refractivity contribution in [3.63, 3.8) is 0 Å². The van der Waals surface area contributed by atoms with Crippen molar-refractivity contribution in [3.8, 4) is 11.5 Å². The fourth-order valence-corrected chi connectivity index (χ4v) is 2.64. The fraction of sp³-hybridized carbons (Fsp3) is 0.350. The monoisotopic (exact) mass is 361 g/mol. The lowest BCUT2D eigenvalue weighted by molar-refractivity contribution is -0.128. The van der Waals surface area contributed by atoms with E-state index in [2.05, 4.69) is 5.32 Å². The van der Waals surface area contributed by atoms with Crippen molar-refractivity contribution < 1.29 is 14.3 Å². The van der Waals surface area contributed by atoms with Crippen LogP contribution in [0.15, 0.2) is 48.5 Å². The lowest BCUT2D eigenvalue weighted by Gasteiger charge is -2.17. The van der Waals surface area contributed by atoms with E-state index in [1.165, 1.54) is 0 Å². The molecule has 0 bridgehead atoms. The van der Waals surface area contributed by atoms with E-state index in [-0.39, 0.29) is 5.91 Å². The first kappa shape index (κ1) is 19.1. The van der Waals surface area contributed by atoms with Crippen LogP contribution >= 0.6 is 11.6 Å². The number of carbonyl (C=O) groups excluding carboxylic acids is 1. The standard InChI is InChI=1S/C20H24ClNO3/c1-3-18(25-17-12-10-16(21)11-13-17)20(23)22-14-6-8-15-7-4-5-9-19(15)24-2/h4-5,7,9-13,18H,3,6,8,14H2,1-2H3,(H,22,23). The van der Waals surface area contributed by atoms with Crippen LogP contribution in [-0.2, 0) is 11.2 Å². The Morgan fingerprint density at radius 2 is 1.88 bits per heavy atom.